The lowest BCUT2D eigenvalue weighted by molar-refractivity contribution is -0.120. The van der Waals surface area contributed by atoms with Crippen molar-refractivity contribution in [1.29, 1.82) is 0 Å². The summed E-state index contributed by atoms with van der Waals surface area (Å²) in [5, 5.41) is 8.64. The van der Waals surface area contributed by atoms with Crippen molar-refractivity contribution in [2.75, 3.05) is 20.2 Å². The van der Waals surface area contributed by atoms with Gasteiger partial charge in [0.15, 0.2) is 0 Å². The Morgan fingerprint density at radius 1 is 1.33 bits per heavy atom. The molecule has 0 heterocycles. The third-order valence-electron chi connectivity index (χ3n) is 2.26. The van der Waals surface area contributed by atoms with Crippen molar-refractivity contribution in [3.63, 3.8) is 0 Å². The molecule has 1 amide bonds. The maximum Gasteiger partial charge on any atom is 0.410 e. The van der Waals surface area contributed by atoms with Crippen molar-refractivity contribution in [3.05, 3.63) is 0 Å². The smallest absolute Gasteiger partial charge is 0.410 e. The molecule has 0 aliphatic carbocycles. The Morgan fingerprint density at radius 2 is 1.89 bits per heavy atom. The number of hydrogen-bond acceptors (Lipinski definition) is 4. The average Bonchev–Trinajstić information content (AvgIpc) is 2.14. The second-order valence-electron chi connectivity index (χ2n) is 5.68. The number of hydrogen-bond donors (Lipinski definition) is 1. The van der Waals surface area contributed by atoms with Crippen LogP contribution in [0.1, 0.15) is 40.5 Å². The summed E-state index contributed by atoms with van der Waals surface area (Å²) >= 11 is 0. The highest BCUT2D eigenvalue weighted by atomic mass is 16.6. The number of ketones is 1. The standard InChI is InChI=1S/C13H25NO4/c1-10(8-11(16)6-7-15)9-14(5)12(17)18-13(2,3)4/h10,15H,6-9H2,1-5H3. The highest BCUT2D eigenvalue weighted by molar-refractivity contribution is 5.78. The van der Waals surface area contributed by atoms with Gasteiger partial charge in [-0.1, -0.05) is 6.92 Å². The fourth-order valence-corrected chi connectivity index (χ4v) is 1.56. The third-order valence-corrected chi connectivity index (χ3v) is 2.26. The van der Waals surface area contributed by atoms with Crippen LogP contribution in [0.15, 0.2) is 0 Å². The summed E-state index contributed by atoms with van der Waals surface area (Å²) in [7, 11) is 1.65. The average molecular weight is 259 g/mol. The summed E-state index contributed by atoms with van der Waals surface area (Å²) in [6, 6.07) is 0. The topological polar surface area (TPSA) is 66.8 Å². The number of carbonyl (C=O) groups excluding carboxylic acids is 2. The Labute approximate surface area is 109 Å². The quantitative estimate of drug-likeness (QED) is 0.790. The maximum atomic E-state index is 11.7. The number of aliphatic hydroxyl groups excluding tert-OH is 1. The van der Waals surface area contributed by atoms with Gasteiger partial charge in [0.25, 0.3) is 0 Å². The second kappa shape index (κ2) is 7.36. The maximum absolute atomic E-state index is 11.7. The summed E-state index contributed by atoms with van der Waals surface area (Å²) in [6.07, 6.45) is 0.165. The summed E-state index contributed by atoms with van der Waals surface area (Å²) in [5.41, 5.74) is -0.513. The SMILES string of the molecule is CC(CC(=O)CCO)CN(C)C(=O)OC(C)(C)C. The van der Waals surface area contributed by atoms with E-state index in [1.54, 1.807) is 7.05 Å². The first-order valence-corrected chi connectivity index (χ1v) is 6.22. The van der Waals surface area contributed by atoms with Gasteiger partial charge in [0.1, 0.15) is 11.4 Å². The molecule has 1 unspecified atom stereocenters. The van der Waals surface area contributed by atoms with E-state index in [4.69, 9.17) is 9.84 Å². The molecular formula is C13H25NO4. The van der Waals surface area contributed by atoms with Gasteiger partial charge < -0.3 is 14.7 Å². The van der Waals surface area contributed by atoms with E-state index < -0.39 is 5.60 Å². The van der Waals surface area contributed by atoms with E-state index in [0.29, 0.717) is 13.0 Å². The van der Waals surface area contributed by atoms with Gasteiger partial charge in [-0.25, -0.2) is 4.79 Å². The van der Waals surface area contributed by atoms with Crippen molar-refractivity contribution in [2.24, 2.45) is 5.92 Å². The Kier molecular flexibility index (Phi) is 6.91. The minimum atomic E-state index is -0.513. The molecule has 1 N–H and O–H groups in total. The van der Waals surface area contributed by atoms with E-state index in [0.717, 1.165) is 0 Å². The zero-order valence-corrected chi connectivity index (χ0v) is 12.0. The van der Waals surface area contributed by atoms with E-state index in [1.807, 2.05) is 27.7 Å². The van der Waals surface area contributed by atoms with Crippen molar-refractivity contribution in [2.45, 2.75) is 46.1 Å². The lowest BCUT2D eigenvalue weighted by Crippen LogP contribution is -2.36. The first-order valence-electron chi connectivity index (χ1n) is 6.22. The van der Waals surface area contributed by atoms with Crippen LogP contribution in [0.4, 0.5) is 4.79 Å². The highest BCUT2D eigenvalue weighted by Gasteiger charge is 2.21. The minimum absolute atomic E-state index is 0.0163. The first-order chi connectivity index (χ1) is 8.15. The number of Topliss-reactive ketones (excluding diaryl/α,β-unsaturated/α-hetero) is 1. The number of rotatable bonds is 6. The summed E-state index contributed by atoms with van der Waals surface area (Å²) < 4.78 is 5.21. The molecule has 0 radical (unpaired) electrons. The van der Waals surface area contributed by atoms with Crippen LogP contribution in [0.5, 0.6) is 0 Å². The zero-order chi connectivity index (χ0) is 14.3. The number of nitrogens with zero attached hydrogens (tertiary/aromatic N) is 1. The Bertz CT molecular complexity index is 283. The molecule has 0 aromatic carbocycles. The number of amides is 1. The van der Waals surface area contributed by atoms with Crippen molar-refractivity contribution < 1.29 is 19.4 Å². The summed E-state index contributed by atoms with van der Waals surface area (Å²) in [5.74, 6) is 0.0733. The molecule has 0 bridgehead atoms. The van der Waals surface area contributed by atoms with E-state index in [1.165, 1.54) is 4.90 Å². The molecule has 18 heavy (non-hydrogen) atoms. The molecule has 0 fully saturated rings. The monoisotopic (exact) mass is 259 g/mol. The van der Waals surface area contributed by atoms with Gasteiger partial charge in [-0.3, -0.25) is 4.79 Å². The van der Waals surface area contributed by atoms with Crippen LogP contribution in [0.2, 0.25) is 0 Å². The van der Waals surface area contributed by atoms with Crippen LogP contribution in [-0.4, -0.2) is 47.7 Å². The van der Waals surface area contributed by atoms with Gasteiger partial charge in [-0.15, -0.1) is 0 Å². The molecule has 0 rings (SSSR count). The molecule has 5 heteroatoms. The van der Waals surface area contributed by atoms with Gasteiger partial charge in [0.05, 0.1) is 0 Å². The van der Waals surface area contributed by atoms with Crippen LogP contribution < -0.4 is 0 Å². The lowest BCUT2D eigenvalue weighted by Gasteiger charge is -2.26. The first kappa shape index (κ1) is 16.9. The largest absolute Gasteiger partial charge is 0.444 e. The van der Waals surface area contributed by atoms with Crippen LogP contribution in [0, 0.1) is 5.92 Å². The molecule has 0 saturated heterocycles. The predicted octanol–water partition coefficient (Wildman–Crippen LogP) is 1.83. The summed E-state index contributed by atoms with van der Waals surface area (Å²) in [4.78, 5) is 24.5. The van der Waals surface area contributed by atoms with E-state index in [2.05, 4.69) is 0 Å². The molecule has 0 aromatic heterocycles. The number of carbonyl (C=O) groups is 2. The number of aliphatic hydroxyl groups is 1. The molecule has 0 saturated carbocycles. The minimum Gasteiger partial charge on any atom is -0.444 e. The molecule has 0 aliphatic rings. The molecule has 0 aromatic rings. The predicted molar refractivity (Wildman–Crippen MR) is 69.4 cm³/mol. The van der Waals surface area contributed by atoms with E-state index >= 15 is 0 Å². The van der Waals surface area contributed by atoms with Crippen molar-refractivity contribution >= 4 is 11.9 Å². The van der Waals surface area contributed by atoms with E-state index in [9.17, 15) is 9.59 Å². The molecule has 1 atom stereocenters. The van der Waals surface area contributed by atoms with Gasteiger partial charge in [0.2, 0.25) is 0 Å². The molecule has 0 spiro atoms. The lowest BCUT2D eigenvalue weighted by atomic mass is 10.0. The van der Waals surface area contributed by atoms with Crippen LogP contribution in [0.25, 0.3) is 0 Å². The van der Waals surface area contributed by atoms with Crippen LogP contribution in [-0.2, 0) is 9.53 Å². The second-order valence-corrected chi connectivity index (χ2v) is 5.68. The highest BCUT2D eigenvalue weighted by Crippen LogP contribution is 2.12. The fraction of sp³-hybridized carbons (Fsp3) is 0.846. The Balaban J connectivity index is 4.10. The normalized spacial score (nSPS) is 13.0. The Hall–Kier alpha value is -1.10. The zero-order valence-electron chi connectivity index (χ0n) is 12.0. The van der Waals surface area contributed by atoms with Crippen molar-refractivity contribution in [1.82, 2.24) is 4.90 Å². The van der Waals surface area contributed by atoms with Crippen molar-refractivity contribution in [3.8, 4) is 0 Å². The Morgan fingerprint density at radius 3 is 2.33 bits per heavy atom. The van der Waals surface area contributed by atoms with Gasteiger partial charge >= 0.3 is 6.09 Å². The molecule has 0 aliphatic heterocycles. The van der Waals surface area contributed by atoms with Gasteiger partial charge in [-0.05, 0) is 26.7 Å². The summed E-state index contributed by atoms with van der Waals surface area (Å²) in [6.45, 7) is 7.68. The molecule has 5 nitrogen and oxygen atoms in total. The van der Waals surface area contributed by atoms with Gasteiger partial charge in [-0.2, -0.15) is 0 Å². The molecule has 106 valence electrons. The van der Waals surface area contributed by atoms with Crippen LogP contribution >= 0.6 is 0 Å². The third kappa shape index (κ3) is 8.06. The molecular weight excluding hydrogens is 234 g/mol. The number of ether oxygens (including phenoxy) is 1. The fourth-order valence-electron chi connectivity index (χ4n) is 1.56. The van der Waals surface area contributed by atoms with E-state index in [-0.39, 0.29) is 30.8 Å². The van der Waals surface area contributed by atoms with Gasteiger partial charge in [0, 0.05) is 33.0 Å². The van der Waals surface area contributed by atoms with Crippen LogP contribution in [0.3, 0.4) is 0 Å².